The summed E-state index contributed by atoms with van der Waals surface area (Å²) in [6.07, 6.45) is 0.760. The number of aryl methyl sites for hydroxylation is 2. The maximum absolute atomic E-state index is 6.27. The molecule has 0 radical (unpaired) electrons. The average molecular weight is 390 g/mol. The highest BCUT2D eigenvalue weighted by Gasteiger charge is 2.16. The second-order valence-corrected chi connectivity index (χ2v) is 7.18. The Labute approximate surface area is 142 Å². The van der Waals surface area contributed by atoms with Crippen LogP contribution in [0.15, 0.2) is 33.6 Å². The minimum Gasteiger partial charge on any atom is -0.271 e. The molecule has 2 rings (SSSR count). The molecule has 0 bridgehead atoms. The first-order valence-corrected chi connectivity index (χ1v) is 8.69. The Morgan fingerprint density at radius 2 is 2.29 bits per heavy atom. The SMILES string of the molecule is Cc1nn(C)c(Cl)c1CC(CSc1cccc(Br)c1)NN. The molecule has 3 N–H and O–H groups in total. The van der Waals surface area contributed by atoms with E-state index < -0.39 is 0 Å². The second-order valence-electron chi connectivity index (χ2n) is 4.81. The Hall–Kier alpha value is -0.530. The summed E-state index contributed by atoms with van der Waals surface area (Å²) in [4.78, 5) is 1.21. The number of hydrogen-bond acceptors (Lipinski definition) is 4. The van der Waals surface area contributed by atoms with Crippen molar-refractivity contribution < 1.29 is 0 Å². The fourth-order valence-corrected chi connectivity index (χ4v) is 3.87. The number of rotatable bonds is 6. The Kier molecular flexibility index (Phi) is 6.13. The first-order valence-electron chi connectivity index (χ1n) is 6.53. The summed E-state index contributed by atoms with van der Waals surface area (Å²) in [5, 5.41) is 5.01. The van der Waals surface area contributed by atoms with Gasteiger partial charge in [0.2, 0.25) is 0 Å². The van der Waals surface area contributed by atoms with Gasteiger partial charge in [-0.3, -0.25) is 16.0 Å². The molecule has 1 aromatic heterocycles. The minimum atomic E-state index is 0.134. The van der Waals surface area contributed by atoms with E-state index in [-0.39, 0.29) is 6.04 Å². The molecule has 2 aromatic rings. The van der Waals surface area contributed by atoms with Gasteiger partial charge in [0.05, 0.1) is 5.69 Å². The van der Waals surface area contributed by atoms with Gasteiger partial charge < -0.3 is 0 Å². The molecule has 0 aliphatic heterocycles. The second kappa shape index (κ2) is 7.65. The molecule has 1 heterocycles. The lowest BCUT2D eigenvalue weighted by molar-refractivity contribution is 0.574. The number of hydrazine groups is 1. The number of nitrogens with zero attached hydrogens (tertiary/aromatic N) is 2. The number of halogens is 2. The van der Waals surface area contributed by atoms with E-state index in [0.717, 1.165) is 27.9 Å². The molecule has 0 aliphatic rings. The summed E-state index contributed by atoms with van der Waals surface area (Å²) in [6.45, 7) is 1.97. The molecule has 4 nitrogen and oxygen atoms in total. The smallest absolute Gasteiger partial charge is 0.130 e. The molecule has 0 saturated heterocycles. The molecular formula is C14H18BrClN4S. The summed E-state index contributed by atoms with van der Waals surface area (Å²) < 4.78 is 2.78. The fourth-order valence-electron chi connectivity index (χ4n) is 2.07. The van der Waals surface area contributed by atoms with E-state index in [9.17, 15) is 0 Å². The van der Waals surface area contributed by atoms with E-state index in [1.807, 2.05) is 26.1 Å². The van der Waals surface area contributed by atoms with E-state index >= 15 is 0 Å². The highest BCUT2D eigenvalue weighted by molar-refractivity contribution is 9.10. The van der Waals surface area contributed by atoms with Crippen LogP contribution in [0.4, 0.5) is 0 Å². The number of thioether (sulfide) groups is 1. The first-order chi connectivity index (χ1) is 10.0. The number of nitrogens with two attached hydrogens (primary N) is 1. The van der Waals surface area contributed by atoms with Crippen LogP contribution in [0.2, 0.25) is 5.15 Å². The van der Waals surface area contributed by atoms with Gasteiger partial charge in [0.15, 0.2) is 0 Å². The van der Waals surface area contributed by atoms with E-state index in [4.69, 9.17) is 17.4 Å². The number of nitrogens with one attached hydrogen (secondary N) is 1. The van der Waals surface area contributed by atoms with Gasteiger partial charge in [-0.1, -0.05) is 33.6 Å². The molecule has 0 spiro atoms. The normalized spacial score (nSPS) is 12.6. The Bertz CT molecular complexity index is 617. The van der Waals surface area contributed by atoms with E-state index in [0.29, 0.717) is 5.15 Å². The third-order valence-corrected chi connectivity index (χ3v) is 5.33. The average Bonchev–Trinajstić information content (AvgIpc) is 2.69. The van der Waals surface area contributed by atoms with Crippen molar-refractivity contribution in [3.63, 3.8) is 0 Å². The lowest BCUT2D eigenvalue weighted by Gasteiger charge is -2.15. The summed E-state index contributed by atoms with van der Waals surface area (Å²) >= 11 is 11.5. The third kappa shape index (κ3) is 4.47. The lowest BCUT2D eigenvalue weighted by atomic mass is 10.1. The quantitative estimate of drug-likeness (QED) is 0.452. The number of hydrogen-bond donors (Lipinski definition) is 2. The van der Waals surface area contributed by atoms with Crippen molar-refractivity contribution in [3.8, 4) is 0 Å². The van der Waals surface area contributed by atoms with Crippen LogP contribution < -0.4 is 11.3 Å². The molecule has 1 aromatic carbocycles. The van der Waals surface area contributed by atoms with E-state index in [1.54, 1.807) is 16.4 Å². The molecule has 1 unspecified atom stereocenters. The van der Waals surface area contributed by atoms with Gasteiger partial charge in [0.25, 0.3) is 0 Å². The zero-order valence-electron chi connectivity index (χ0n) is 11.9. The maximum atomic E-state index is 6.27. The molecule has 114 valence electrons. The van der Waals surface area contributed by atoms with Crippen LogP contribution in [-0.2, 0) is 13.5 Å². The molecule has 0 saturated carbocycles. The van der Waals surface area contributed by atoms with Crippen molar-refractivity contribution in [2.75, 3.05) is 5.75 Å². The van der Waals surface area contributed by atoms with Gasteiger partial charge in [0, 0.05) is 33.8 Å². The number of aromatic nitrogens is 2. The predicted molar refractivity (Wildman–Crippen MR) is 92.6 cm³/mol. The highest BCUT2D eigenvalue weighted by Crippen LogP contribution is 2.25. The van der Waals surface area contributed by atoms with Gasteiger partial charge in [-0.05, 0) is 31.5 Å². The Morgan fingerprint density at radius 1 is 1.52 bits per heavy atom. The monoisotopic (exact) mass is 388 g/mol. The molecule has 1 atom stereocenters. The standard InChI is InChI=1S/C14H18BrClN4S/c1-9-13(14(16)20(2)19-9)7-11(18-17)8-21-12-5-3-4-10(15)6-12/h3-6,11,18H,7-8,17H2,1-2H3. The summed E-state index contributed by atoms with van der Waals surface area (Å²) in [6, 6.07) is 8.36. The number of benzene rings is 1. The summed E-state index contributed by atoms with van der Waals surface area (Å²) in [5.41, 5.74) is 4.88. The van der Waals surface area contributed by atoms with Crippen molar-refractivity contribution in [1.29, 1.82) is 0 Å². The van der Waals surface area contributed by atoms with E-state index in [2.05, 4.69) is 38.6 Å². The van der Waals surface area contributed by atoms with Crippen molar-refractivity contribution in [3.05, 3.63) is 45.1 Å². The summed E-state index contributed by atoms with van der Waals surface area (Å²) in [7, 11) is 1.85. The van der Waals surface area contributed by atoms with Crippen LogP contribution in [0.25, 0.3) is 0 Å². The van der Waals surface area contributed by atoms with Crippen LogP contribution in [-0.4, -0.2) is 21.6 Å². The van der Waals surface area contributed by atoms with Crippen molar-refractivity contribution >= 4 is 39.3 Å². The fraction of sp³-hybridized carbons (Fsp3) is 0.357. The van der Waals surface area contributed by atoms with Crippen LogP contribution in [0.1, 0.15) is 11.3 Å². The van der Waals surface area contributed by atoms with Gasteiger partial charge in [-0.15, -0.1) is 11.8 Å². The van der Waals surface area contributed by atoms with Crippen molar-refractivity contribution in [2.24, 2.45) is 12.9 Å². The molecule has 0 aliphatic carbocycles. The zero-order chi connectivity index (χ0) is 15.4. The Morgan fingerprint density at radius 3 is 2.86 bits per heavy atom. The molecule has 7 heteroatoms. The predicted octanol–water partition coefficient (Wildman–Crippen LogP) is 3.31. The topological polar surface area (TPSA) is 55.9 Å². The highest BCUT2D eigenvalue weighted by atomic mass is 79.9. The summed E-state index contributed by atoms with van der Waals surface area (Å²) in [5.74, 6) is 6.54. The molecule has 0 amide bonds. The Balaban J connectivity index is 2.00. The van der Waals surface area contributed by atoms with Gasteiger partial charge in [0.1, 0.15) is 5.15 Å². The minimum absolute atomic E-state index is 0.134. The zero-order valence-corrected chi connectivity index (χ0v) is 15.1. The van der Waals surface area contributed by atoms with Crippen molar-refractivity contribution in [2.45, 2.75) is 24.3 Å². The molecule has 21 heavy (non-hydrogen) atoms. The van der Waals surface area contributed by atoms with Crippen LogP contribution in [0, 0.1) is 6.92 Å². The van der Waals surface area contributed by atoms with Crippen LogP contribution in [0.5, 0.6) is 0 Å². The van der Waals surface area contributed by atoms with Gasteiger partial charge >= 0.3 is 0 Å². The lowest BCUT2D eigenvalue weighted by Crippen LogP contribution is -2.38. The van der Waals surface area contributed by atoms with Crippen molar-refractivity contribution in [1.82, 2.24) is 15.2 Å². The van der Waals surface area contributed by atoms with Crippen LogP contribution in [0.3, 0.4) is 0 Å². The third-order valence-electron chi connectivity index (χ3n) is 3.20. The van der Waals surface area contributed by atoms with Gasteiger partial charge in [-0.25, -0.2) is 0 Å². The van der Waals surface area contributed by atoms with Gasteiger partial charge in [-0.2, -0.15) is 5.10 Å². The first kappa shape index (κ1) is 16.8. The van der Waals surface area contributed by atoms with Crippen LogP contribution >= 0.6 is 39.3 Å². The maximum Gasteiger partial charge on any atom is 0.130 e. The molecular weight excluding hydrogens is 372 g/mol. The molecule has 0 fully saturated rings. The largest absolute Gasteiger partial charge is 0.271 e. The van der Waals surface area contributed by atoms with E-state index in [1.165, 1.54) is 4.90 Å².